The smallest absolute Gasteiger partial charge is 0.276 e. The lowest BCUT2D eigenvalue weighted by Gasteiger charge is -2.08. The summed E-state index contributed by atoms with van der Waals surface area (Å²) < 4.78 is 6.20. The molecule has 2 N–H and O–H groups in total. The molecule has 98 valence electrons. The number of rotatable bonds is 5. The SMILES string of the molecule is O=C(COc1cccc(Br)c1)NNc1ncccn1. The molecule has 1 heterocycles. The number of anilines is 1. The van der Waals surface area contributed by atoms with Crippen molar-refractivity contribution in [1.29, 1.82) is 0 Å². The van der Waals surface area contributed by atoms with Gasteiger partial charge in [-0.1, -0.05) is 22.0 Å². The van der Waals surface area contributed by atoms with E-state index in [4.69, 9.17) is 4.74 Å². The van der Waals surface area contributed by atoms with Gasteiger partial charge in [0.1, 0.15) is 5.75 Å². The second-order valence-corrected chi connectivity index (χ2v) is 4.41. The van der Waals surface area contributed by atoms with E-state index in [1.807, 2.05) is 12.1 Å². The van der Waals surface area contributed by atoms with Crippen molar-refractivity contribution in [3.8, 4) is 5.75 Å². The molecule has 0 spiro atoms. The number of carbonyl (C=O) groups excluding carboxylic acids is 1. The van der Waals surface area contributed by atoms with Gasteiger partial charge in [-0.3, -0.25) is 15.6 Å². The maximum Gasteiger partial charge on any atom is 0.276 e. The Morgan fingerprint density at radius 2 is 2.05 bits per heavy atom. The molecule has 1 aromatic heterocycles. The number of hydrogen-bond donors (Lipinski definition) is 2. The number of amides is 1. The van der Waals surface area contributed by atoms with E-state index in [9.17, 15) is 4.79 Å². The number of hydrogen-bond acceptors (Lipinski definition) is 5. The summed E-state index contributed by atoms with van der Waals surface area (Å²) in [6.07, 6.45) is 3.14. The van der Waals surface area contributed by atoms with Crippen LogP contribution in [-0.2, 0) is 4.79 Å². The number of halogens is 1. The van der Waals surface area contributed by atoms with Crippen LogP contribution in [0, 0.1) is 0 Å². The Labute approximate surface area is 118 Å². The zero-order valence-electron chi connectivity index (χ0n) is 9.84. The van der Waals surface area contributed by atoms with Crippen LogP contribution < -0.4 is 15.6 Å². The first-order chi connectivity index (χ1) is 9.24. The van der Waals surface area contributed by atoms with Crippen molar-refractivity contribution >= 4 is 27.8 Å². The van der Waals surface area contributed by atoms with Crippen LogP contribution in [0.4, 0.5) is 5.95 Å². The van der Waals surface area contributed by atoms with Gasteiger partial charge in [-0.15, -0.1) is 0 Å². The van der Waals surface area contributed by atoms with Crippen molar-refractivity contribution in [3.63, 3.8) is 0 Å². The van der Waals surface area contributed by atoms with Crippen LogP contribution in [0.15, 0.2) is 47.2 Å². The zero-order valence-corrected chi connectivity index (χ0v) is 11.4. The molecule has 2 aromatic rings. The van der Waals surface area contributed by atoms with Crippen LogP contribution in [0.1, 0.15) is 0 Å². The first-order valence-corrected chi connectivity index (χ1v) is 6.23. The Morgan fingerprint density at radius 3 is 2.79 bits per heavy atom. The van der Waals surface area contributed by atoms with Crippen LogP contribution in [-0.4, -0.2) is 22.5 Å². The summed E-state index contributed by atoms with van der Waals surface area (Å²) in [7, 11) is 0. The van der Waals surface area contributed by atoms with E-state index < -0.39 is 0 Å². The summed E-state index contributed by atoms with van der Waals surface area (Å²) in [5.74, 6) is 0.603. The van der Waals surface area contributed by atoms with Gasteiger partial charge in [0.15, 0.2) is 6.61 Å². The maximum atomic E-state index is 11.5. The molecule has 0 unspecified atom stereocenters. The van der Waals surface area contributed by atoms with Crippen molar-refractivity contribution in [2.24, 2.45) is 0 Å². The molecule has 7 heteroatoms. The van der Waals surface area contributed by atoms with Crippen molar-refractivity contribution < 1.29 is 9.53 Å². The van der Waals surface area contributed by atoms with Crippen LogP contribution in [0.5, 0.6) is 5.75 Å². The summed E-state index contributed by atoms with van der Waals surface area (Å²) >= 11 is 3.32. The average molecular weight is 323 g/mol. The van der Waals surface area contributed by atoms with Gasteiger partial charge >= 0.3 is 0 Å². The predicted octanol–water partition coefficient (Wildman–Crippen LogP) is 1.76. The van der Waals surface area contributed by atoms with Gasteiger partial charge in [0, 0.05) is 16.9 Å². The highest BCUT2D eigenvalue weighted by Gasteiger charge is 2.03. The number of carbonyl (C=O) groups is 1. The number of ether oxygens (including phenoxy) is 1. The second kappa shape index (κ2) is 6.69. The lowest BCUT2D eigenvalue weighted by Crippen LogP contribution is -2.34. The average Bonchev–Trinajstić information content (AvgIpc) is 2.44. The summed E-state index contributed by atoms with van der Waals surface area (Å²) in [6, 6.07) is 8.94. The molecule has 1 amide bonds. The molecule has 19 heavy (non-hydrogen) atoms. The van der Waals surface area contributed by atoms with Crippen molar-refractivity contribution in [3.05, 3.63) is 47.2 Å². The van der Waals surface area contributed by atoms with Crippen molar-refractivity contribution in [2.45, 2.75) is 0 Å². The van der Waals surface area contributed by atoms with E-state index in [1.54, 1.807) is 30.6 Å². The van der Waals surface area contributed by atoms with Gasteiger partial charge in [-0.05, 0) is 24.3 Å². The largest absolute Gasteiger partial charge is 0.484 e. The summed E-state index contributed by atoms with van der Waals surface area (Å²) in [4.78, 5) is 19.3. The van der Waals surface area contributed by atoms with Gasteiger partial charge in [-0.2, -0.15) is 0 Å². The van der Waals surface area contributed by atoms with Crippen molar-refractivity contribution in [2.75, 3.05) is 12.0 Å². The normalized spacial score (nSPS) is 9.74. The molecule has 0 atom stereocenters. The topological polar surface area (TPSA) is 76.1 Å². The van der Waals surface area contributed by atoms with Crippen LogP contribution >= 0.6 is 15.9 Å². The molecule has 0 saturated heterocycles. The quantitative estimate of drug-likeness (QED) is 0.820. The lowest BCUT2D eigenvalue weighted by molar-refractivity contribution is -0.122. The third-order valence-corrected chi connectivity index (χ3v) is 2.54. The Bertz CT molecular complexity index is 550. The molecule has 0 saturated carbocycles. The van der Waals surface area contributed by atoms with Gasteiger partial charge < -0.3 is 4.74 Å². The third-order valence-electron chi connectivity index (χ3n) is 2.05. The molecule has 6 nitrogen and oxygen atoms in total. The minimum Gasteiger partial charge on any atom is -0.484 e. The minimum absolute atomic E-state index is 0.101. The fraction of sp³-hybridized carbons (Fsp3) is 0.0833. The highest BCUT2D eigenvalue weighted by molar-refractivity contribution is 9.10. The van der Waals surface area contributed by atoms with Crippen molar-refractivity contribution in [1.82, 2.24) is 15.4 Å². The number of aromatic nitrogens is 2. The summed E-state index contributed by atoms with van der Waals surface area (Å²) in [5.41, 5.74) is 5.01. The minimum atomic E-state index is -0.326. The van der Waals surface area contributed by atoms with Gasteiger partial charge in [0.25, 0.3) is 5.91 Å². The Hall–Kier alpha value is -2.15. The molecule has 0 fully saturated rings. The van der Waals surface area contributed by atoms with E-state index in [0.29, 0.717) is 11.7 Å². The Morgan fingerprint density at radius 1 is 1.26 bits per heavy atom. The van der Waals surface area contributed by atoms with E-state index in [2.05, 4.69) is 36.7 Å². The highest BCUT2D eigenvalue weighted by atomic mass is 79.9. The van der Waals surface area contributed by atoms with E-state index in [-0.39, 0.29) is 12.5 Å². The third kappa shape index (κ3) is 4.55. The van der Waals surface area contributed by atoms with Crippen LogP contribution in [0.25, 0.3) is 0 Å². The number of nitrogens with zero attached hydrogens (tertiary/aromatic N) is 2. The lowest BCUT2D eigenvalue weighted by atomic mass is 10.3. The van der Waals surface area contributed by atoms with E-state index >= 15 is 0 Å². The predicted molar refractivity (Wildman–Crippen MR) is 73.4 cm³/mol. The molecular weight excluding hydrogens is 312 g/mol. The molecule has 0 aliphatic carbocycles. The monoisotopic (exact) mass is 322 g/mol. The second-order valence-electron chi connectivity index (χ2n) is 3.49. The van der Waals surface area contributed by atoms with E-state index in [1.165, 1.54) is 0 Å². The van der Waals surface area contributed by atoms with Gasteiger partial charge in [-0.25, -0.2) is 9.97 Å². The number of nitrogens with one attached hydrogen (secondary N) is 2. The first-order valence-electron chi connectivity index (χ1n) is 5.44. The standard InChI is InChI=1S/C12H11BrN4O2/c13-9-3-1-4-10(7-9)19-8-11(18)16-17-12-14-5-2-6-15-12/h1-7H,8H2,(H,16,18)(H,14,15,17). The van der Waals surface area contributed by atoms with Gasteiger partial charge in [0.2, 0.25) is 5.95 Å². The Balaban J connectivity index is 1.76. The fourth-order valence-electron chi connectivity index (χ4n) is 1.23. The maximum absolute atomic E-state index is 11.5. The number of benzene rings is 1. The van der Waals surface area contributed by atoms with E-state index in [0.717, 1.165) is 4.47 Å². The number of hydrazine groups is 1. The van der Waals surface area contributed by atoms with Crippen LogP contribution in [0.2, 0.25) is 0 Å². The first kappa shape index (κ1) is 13.3. The molecule has 0 radical (unpaired) electrons. The Kier molecular flexibility index (Phi) is 4.68. The fourth-order valence-corrected chi connectivity index (χ4v) is 1.61. The highest BCUT2D eigenvalue weighted by Crippen LogP contribution is 2.17. The zero-order chi connectivity index (χ0) is 13.5. The summed E-state index contributed by atoms with van der Waals surface area (Å²) in [5, 5.41) is 0. The molecule has 0 aliphatic heterocycles. The molecule has 1 aromatic carbocycles. The molecular formula is C12H11BrN4O2. The molecule has 0 aliphatic rings. The van der Waals surface area contributed by atoms with Crippen LogP contribution in [0.3, 0.4) is 0 Å². The summed E-state index contributed by atoms with van der Waals surface area (Å²) in [6.45, 7) is -0.101. The van der Waals surface area contributed by atoms with Gasteiger partial charge in [0.05, 0.1) is 0 Å². The molecule has 2 rings (SSSR count). The molecule has 0 bridgehead atoms.